The fraction of sp³-hybridized carbons (Fsp3) is 0.733. The van der Waals surface area contributed by atoms with E-state index in [-0.39, 0.29) is 11.8 Å². The van der Waals surface area contributed by atoms with Crippen LogP contribution in [0, 0.1) is 17.8 Å². The van der Waals surface area contributed by atoms with Gasteiger partial charge in [0.1, 0.15) is 0 Å². The van der Waals surface area contributed by atoms with E-state index in [1.165, 1.54) is 0 Å². The zero-order valence-corrected chi connectivity index (χ0v) is 13.1. The number of nitrogens with zero attached hydrogens (tertiary/aromatic N) is 3. The van der Waals surface area contributed by atoms with Crippen LogP contribution in [0.4, 0.5) is 0 Å². The fourth-order valence-electron chi connectivity index (χ4n) is 3.52. The molecule has 7 heteroatoms. The molecule has 7 nitrogen and oxygen atoms in total. The number of carboxylic acids is 1. The van der Waals surface area contributed by atoms with E-state index < -0.39 is 16.8 Å². The average molecular weight is 307 g/mol. The van der Waals surface area contributed by atoms with Crippen LogP contribution in [0.25, 0.3) is 0 Å². The molecule has 0 radical (unpaired) electrons. The van der Waals surface area contributed by atoms with Gasteiger partial charge in [-0.1, -0.05) is 19.0 Å². The summed E-state index contributed by atoms with van der Waals surface area (Å²) in [4.78, 5) is 30.2. The average Bonchev–Trinajstić information content (AvgIpc) is 2.83. The summed E-state index contributed by atoms with van der Waals surface area (Å²) >= 11 is 0. The lowest BCUT2D eigenvalue weighted by molar-refractivity contribution is -0.155. The second kappa shape index (κ2) is 4.79. The zero-order chi connectivity index (χ0) is 16.1. The molecule has 1 saturated carbocycles. The third kappa shape index (κ3) is 2.10. The first-order valence-corrected chi connectivity index (χ1v) is 7.61. The molecule has 2 heterocycles. The van der Waals surface area contributed by atoms with E-state index in [0.29, 0.717) is 31.2 Å². The monoisotopic (exact) mass is 307 g/mol. The van der Waals surface area contributed by atoms with Crippen molar-refractivity contribution in [1.82, 2.24) is 15.0 Å². The van der Waals surface area contributed by atoms with Gasteiger partial charge in [-0.15, -0.1) is 0 Å². The van der Waals surface area contributed by atoms with Gasteiger partial charge in [-0.25, -0.2) is 0 Å². The minimum atomic E-state index is -1.24. The SMILES string of the molecule is Cc1noc(C2CCN(C(=O)C3(C(=O)O)CC3(C)C)CC2)n1. The van der Waals surface area contributed by atoms with Crippen LogP contribution < -0.4 is 0 Å². The van der Waals surface area contributed by atoms with Crippen molar-refractivity contribution in [2.75, 3.05) is 13.1 Å². The van der Waals surface area contributed by atoms with E-state index in [2.05, 4.69) is 10.1 Å². The van der Waals surface area contributed by atoms with Crippen molar-refractivity contribution in [1.29, 1.82) is 0 Å². The number of piperidine rings is 1. The fourth-order valence-corrected chi connectivity index (χ4v) is 3.52. The molecule has 0 spiro atoms. The predicted molar refractivity (Wildman–Crippen MR) is 76.1 cm³/mol. The Hall–Kier alpha value is -1.92. The minimum absolute atomic E-state index is 0.151. The van der Waals surface area contributed by atoms with E-state index in [1.807, 2.05) is 13.8 Å². The molecule has 1 aliphatic carbocycles. The molecule has 22 heavy (non-hydrogen) atoms. The number of amides is 1. The number of carbonyl (C=O) groups excluding carboxylic acids is 1. The van der Waals surface area contributed by atoms with Crippen LogP contribution in [-0.4, -0.2) is 45.1 Å². The Kier molecular flexibility index (Phi) is 3.27. The predicted octanol–water partition coefficient (Wildman–Crippen LogP) is 1.58. The van der Waals surface area contributed by atoms with Crippen LogP contribution in [0.5, 0.6) is 0 Å². The van der Waals surface area contributed by atoms with Crippen molar-refractivity contribution in [3.63, 3.8) is 0 Å². The van der Waals surface area contributed by atoms with Gasteiger partial charge in [-0.2, -0.15) is 4.98 Å². The van der Waals surface area contributed by atoms with Crippen LogP contribution in [0.3, 0.4) is 0 Å². The van der Waals surface area contributed by atoms with Crippen molar-refractivity contribution in [2.45, 2.75) is 46.0 Å². The first-order valence-electron chi connectivity index (χ1n) is 7.61. The van der Waals surface area contributed by atoms with Gasteiger partial charge in [0, 0.05) is 19.0 Å². The normalized spacial score (nSPS) is 27.7. The number of rotatable bonds is 3. The maximum atomic E-state index is 12.7. The smallest absolute Gasteiger partial charge is 0.319 e. The Morgan fingerprint density at radius 3 is 2.32 bits per heavy atom. The summed E-state index contributed by atoms with van der Waals surface area (Å²) in [5, 5.41) is 13.3. The Morgan fingerprint density at radius 1 is 1.32 bits per heavy atom. The first kappa shape index (κ1) is 15.0. The van der Waals surface area contributed by atoms with Crippen molar-refractivity contribution in [3.05, 3.63) is 11.7 Å². The lowest BCUT2D eigenvalue weighted by atomic mass is 9.91. The van der Waals surface area contributed by atoms with Crippen molar-refractivity contribution in [2.24, 2.45) is 10.8 Å². The van der Waals surface area contributed by atoms with E-state index in [9.17, 15) is 14.7 Å². The van der Waals surface area contributed by atoms with Gasteiger partial charge < -0.3 is 14.5 Å². The first-order chi connectivity index (χ1) is 10.3. The van der Waals surface area contributed by atoms with E-state index >= 15 is 0 Å². The van der Waals surface area contributed by atoms with Crippen LogP contribution in [0.15, 0.2) is 4.52 Å². The summed E-state index contributed by atoms with van der Waals surface area (Å²) in [5.74, 6) is 0.128. The Morgan fingerprint density at radius 2 is 1.91 bits per heavy atom. The maximum Gasteiger partial charge on any atom is 0.319 e. The number of likely N-dealkylation sites (tertiary alicyclic amines) is 1. The number of carbonyl (C=O) groups is 2. The summed E-state index contributed by atoms with van der Waals surface area (Å²) in [6.07, 6.45) is 1.87. The van der Waals surface area contributed by atoms with E-state index in [0.717, 1.165) is 12.8 Å². The molecule has 1 amide bonds. The van der Waals surface area contributed by atoms with Gasteiger partial charge in [0.05, 0.1) is 0 Å². The number of carboxylic acid groups (broad SMARTS) is 1. The van der Waals surface area contributed by atoms with Gasteiger partial charge in [-0.3, -0.25) is 9.59 Å². The maximum absolute atomic E-state index is 12.7. The molecule has 1 unspecified atom stereocenters. The molecule has 0 bridgehead atoms. The summed E-state index contributed by atoms with van der Waals surface area (Å²) < 4.78 is 5.19. The van der Waals surface area contributed by atoms with Gasteiger partial charge in [0.25, 0.3) is 0 Å². The molecule has 1 saturated heterocycles. The molecule has 1 N–H and O–H groups in total. The second-order valence-corrected chi connectivity index (χ2v) is 7.02. The molecule has 0 aromatic carbocycles. The number of hydrogen-bond donors (Lipinski definition) is 1. The number of hydrogen-bond acceptors (Lipinski definition) is 5. The van der Waals surface area contributed by atoms with Crippen LogP contribution in [0.2, 0.25) is 0 Å². The number of aryl methyl sites for hydroxylation is 1. The van der Waals surface area contributed by atoms with Crippen LogP contribution in [0.1, 0.15) is 50.7 Å². The molecule has 1 aliphatic heterocycles. The molecule has 1 atom stereocenters. The molecule has 1 aromatic rings. The molecule has 3 rings (SSSR count). The molecule has 1 aromatic heterocycles. The molecule has 120 valence electrons. The van der Waals surface area contributed by atoms with Crippen molar-refractivity contribution >= 4 is 11.9 Å². The van der Waals surface area contributed by atoms with Gasteiger partial charge in [0.2, 0.25) is 11.8 Å². The quantitative estimate of drug-likeness (QED) is 0.852. The Balaban J connectivity index is 1.67. The van der Waals surface area contributed by atoms with Crippen LogP contribution >= 0.6 is 0 Å². The zero-order valence-electron chi connectivity index (χ0n) is 13.1. The van der Waals surface area contributed by atoms with Crippen molar-refractivity contribution in [3.8, 4) is 0 Å². The van der Waals surface area contributed by atoms with E-state index in [1.54, 1.807) is 11.8 Å². The number of aliphatic carboxylic acids is 1. The molecule has 2 fully saturated rings. The van der Waals surface area contributed by atoms with Crippen LogP contribution in [-0.2, 0) is 9.59 Å². The summed E-state index contributed by atoms with van der Waals surface area (Å²) in [6.45, 7) is 6.53. The van der Waals surface area contributed by atoms with Gasteiger partial charge in [-0.05, 0) is 31.6 Å². The topological polar surface area (TPSA) is 96.5 Å². The highest BCUT2D eigenvalue weighted by atomic mass is 16.5. The highest BCUT2D eigenvalue weighted by molar-refractivity contribution is 6.06. The van der Waals surface area contributed by atoms with Crippen molar-refractivity contribution < 1.29 is 19.2 Å². The molecular formula is C15H21N3O4. The summed E-state index contributed by atoms with van der Waals surface area (Å²) in [6, 6.07) is 0. The minimum Gasteiger partial charge on any atom is -0.480 e. The Labute approximate surface area is 128 Å². The molecule has 2 aliphatic rings. The highest BCUT2D eigenvalue weighted by Crippen LogP contribution is 2.64. The lowest BCUT2D eigenvalue weighted by Gasteiger charge is -2.33. The lowest BCUT2D eigenvalue weighted by Crippen LogP contribution is -2.46. The van der Waals surface area contributed by atoms with Gasteiger partial charge in [0.15, 0.2) is 11.2 Å². The standard InChI is InChI=1S/C15H21N3O4/c1-9-16-11(22-17-9)10-4-6-18(7-5-10)12(19)15(13(20)21)8-14(15,2)3/h10H,4-8H2,1-3H3,(H,20,21). The largest absolute Gasteiger partial charge is 0.480 e. The Bertz CT molecular complexity index is 616. The second-order valence-electron chi connectivity index (χ2n) is 7.02. The summed E-state index contributed by atoms with van der Waals surface area (Å²) in [5.41, 5.74) is -1.70. The summed E-state index contributed by atoms with van der Waals surface area (Å²) in [7, 11) is 0. The highest BCUT2D eigenvalue weighted by Gasteiger charge is 2.72. The molecular weight excluding hydrogens is 286 g/mol. The number of aromatic nitrogens is 2. The third-order valence-corrected chi connectivity index (χ3v) is 5.14. The van der Waals surface area contributed by atoms with E-state index in [4.69, 9.17) is 4.52 Å². The third-order valence-electron chi connectivity index (χ3n) is 5.14. The van der Waals surface area contributed by atoms with Gasteiger partial charge >= 0.3 is 5.97 Å².